The standard InChI is InChI=1S/C20H18N2O3S/c23-19-7-3-4-11-22(19)13-14-8-9-17(25-14)20(24)21-16-10-12-26-18-6-2-1-5-15(16)18/h1-9,11,16H,10,12-13H2,(H,21,24)/t16-/m1/s1. The number of carbonyl (C=O) groups excluding carboxylic acids is 1. The zero-order chi connectivity index (χ0) is 17.9. The van der Waals surface area contributed by atoms with Crippen molar-refractivity contribution in [3.8, 4) is 0 Å². The van der Waals surface area contributed by atoms with E-state index in [9.17, 15) is 9.59 Å². The van der Waals surface area contributed by atoms with Crippen molar-refractivity contribution in [3.63, 3.8) is 0 Å². The van der Waals surface area contributed by atoms with Crippen LogP contribution in [0.25, 0.3) is 0 Å². The predicted octanol–water partition coefficient (Wildman–Crippen LogP) is 3.46. The second kappa shape index (κ2) is 7.25. The van der Waals surface area contributed by atoms with Crippen LogP contribution in [0.3, 0.4) is 0 Å². The van der Waals surface area contributed by atoms with E-state index in [-0.39, 0.29) is 23.3 Å². The Hall–Kier alpha value is -2.73. The van der Waals surface area contributed by atoms with Gasteiger partial charge in [0.25, 0.3) is 11.5 Å². The number of furan rings is 1. The van der Waals surface area contributed by atoms with Crippen molar-refractivity contribution in [2.24, 2.45) is 0 Å². The van der Waals surface area contributed by atoms with Crippen LogP contribution in [0.15, 0.2) is 74.9 Å². The fraction of sp³-hybridized carbons (Fsp3) is 0.200. The maximum atomic E-state index is 12.6. The summed E-state index contributed by atoms with van der Waals surface area (Å²) in [6.45, 7) is 0.301. The number of fused-ring (bicyclic) bond motifs is 1. The molecule has 0 saturated carbocycles. The number of hydrogen-bond donors (Lipinski definition) is 1. The van der Waals surface area contributed by atoms with Gasteiger partial charge in [-0.25, -0.2) is 0 Å². The third-order valence-electron chi connectivity index (χ3n) is 4.37. The van der Waals surface area contributed by atoms with E-state index < -0.39 is 0 Å². The topological polar surface area (TPSA) is 64.2 Å². The summed E-state index contributed by atoms with van der Waals surface area (Å²) >= 11 is 1.81. The van der Waals surface area contributed by atoms with Gasteiger partial charge in [-0.2, -0.15) is 0 Å². The van der Waals surface area contributed by atoms with Gasteiger partial charge < -0.3 is 14.3 Å². The Morgan fingerprint density at radius 3 is 2.88 bits per heavy atom. The van der Waals surface area contributed by atoms with Crippen LogP contribution in [0.1, 0.15) is 34.3 Å². The molecule has 1 amide bonds. The van der Waals surface area contributed by atoms with Crippen molar-refractivity contribution >= 4 is 17.7 Å². The van der Waals surface area contributed by atoms with Gasteiger partial charge in [0, 0.05) is 22.9 Å². The molecule has 3 aromatic rings. The molecule has 6 heteroatoms. The van der Waals surface area contributed by atoms with Crippen molar-refractivity contribution in [2.75, 3.05) is 5.75 Å². The van der Waals surface area contributed by atoms with Crippen LogP contribution >= 0.6 is 11.8 Å². The number of nitrogens with one attached hydrogen (secondary N) is 1. The molecule has 3 heterocycles. The Kier molecular flexibility index (Phi) is 4.67. The molecule has 0 saturated heterocycles. The number of pyridine rings is 1. The molecule has 1 atom stereocenters. The summed E-state index contributed by atoms with van der Waals surface area (Å²) in [6, 6.07) is 16.5. The van der Waals surface area contributed by atoms with Crippen LogP contribution in [0.2, 0.25) is 0 Å². The predicted molar refractivity (Wildman–Crippen MR) is 101 cm³/mol. The van der Waals surface area contributed by atoms with Crippen LogP contribution in [0.4, 0.5) is 0 Å². The number of aromatic nitrogens is 1. The molecule has 0 aliphatic carbocycles. The molecule has 1 aliphatic heterocycles. The fourth-order valence-electron chi connectivity index (χ4n) is 3.07. The summed E-state index contributed by atoms with van der Waals surface area (Å²) in [5.74, 6) is 1.58. The van der Waals surface area contributed by atoms with Gasteiger partial charge in [0.05, 0.1) is 12.6 Å². The third kappa shape index (κ3) is 3.46. The second-order valence-corrected chi connectivity index (χ2v) is 7.27. The first kappa shape index (κ1) is 16.7. The quantitative estimate of drug-likeness (QED) is 0.768. The molecule has 1 aromatic carbocycles. The molecule has 0 fully saturated rings. The van der Waals surface area contributed by atoms with Crippen LogP contribution in [-0.2, 0) is 6.54 Å². The Morgan fingerprint density at radius 2 is 2.00 bits per heavy atom. The van der Waals surface area contributed by atoms with Gasteiger partial charge in [0.15, 0.2) is 5.76 Å². The Morgan fingerprint density at radius 1 is 1.15 bits per heavy atom. The molecule has 1 N–H and O–H groups in total. The minimum atomic E-state index is -0.233. The van der Waals surface area contributed by atoms with E-state index in [0.717, 1.165) is 17.7 Å². The van der Waals surface area contributed by atoms with Crippen molar-refractivity contribution < 1.29 is 9.21 Å². The largest absolute Gasteiger partial charge is 0.454 e. The lowest BCUT2D eigenvalue weighted by atomic mass is 10.0. The highest BCUT2D eigenvalue weighted by Crippen LogP contribution is 2.35. The average molecular weight is 366 g/mol. The van der Waals surface area contributed by atoms with E-state index in [1.807, 2.05) is 23.9 Å². The van der Waals surface area contributed by atoms with Gasteiger partial charge in [0.2, 0.25) is 0 Å². The van der Waals surface area contributed by atoms with Gasteiger partial charge in [0.1, 0.15) is 5.76 Å². The van der Waals surface area contributed by atoms with E-state index in [4.69, 9.17) is 4.42 Å². The zero-order valence-electron chi connectivity index (χ0n) is 14.1. The summed E-state index contributed by atoms with van der Waals surface area (Å²) in [6.07, 6.45) is 2.58. The lowest BCUT2D eigenvalue weighted by Crippen LogP contribution is -2.30. The molecular weight excluding hydrogens is 348 g/mol. The number of carbonyl (C=O) groups is 1. The molecule has 0 unspecified atom stereocenters. The highest BCUT2D eigenvalue weighted by molar-refractivity contribution is 7.99. The summed E-state index contributed by atoms with van der Waals surface area (Å²) in [5, 5.41) is 3.07. The maximum absolute atomic E-state index is 12.6. The van der Waals surface area contributed by atoms with E-state index >= 15 is 0 Å². The van der Waals surface area contributed by atoms with Crippen LogP contribution in [0.5, 0.6) is 0 Å². The molecule has 26 heavy (non-hydrogen) atoms. The third-order valence-corrected chi connectivity index (χ3v) is 5.50. The first-order valence-electron chi connectivity index (χ1n) is 8.47. The van der Waals surface area contributed by atoms with Crippen LogP contribution in [0, 0.1) is 0 Å². The van der Waals surface area contributed by atoms with Crippen LogP contribution < -0.4 is 10.9 Å². The molecule has 5 nitrogen and oxygen atoms in total. The second-order valence-electron chi connectivity index (χ2n) is 6.13. The number of benzene rings is 1. The van der Waals surface area contributed by atoms with Gasteiger partial charge in [-0.3, -0.25) is 9.59 Å². The summed E-state index contributed by atoms with van der Waals surface area (Å²) in [4.78, 5) is 25.6. The lowest BCUT2D eigenvalue weighted by Gasteiger charge is -2.25. The van der Waals surface area contributed by atoms with E-state index in [1.54, 1.807) is 30.5 Å². The number of rotatable bonds is 4. The van der Waals surface area contributed by atoms with Crippen molar-refractivity contribution in [3.05, 3.63) is 88.2 Å². The van der Waals surface area contributed by atoms with Gasteiger partial charge >= 0.3 is 0 Å². The molecule has 132 valence electrons. The molecule has 0 spiro atoms. The fourth-order valence-corrected chi connectivity index (χ4v) is 4.19. The van der Waals surface area contributed by atoms with Gasteiger partial charge in [-0.05, 0) is 36.2 Å². The number of thioether (sulfide) groups is 1. The minimum absolute atomic E-state index is 0.00903. The summed E-state index contributed by atoms with van der Waals surface area (Å²) in [5.41, 5.74) is 1.05. The van der Waals surface area contributed by atoms with Gasteiger partial charge in [-0.1, -0.05) is 24.3 Å². The van der Waals surface area contributed by atoms with E-state index in [0.29, 0.717) is 12.3 Å². The average Bonchev–Trinajstić information content (AvgIpc) is 3.13. The summed E-state index contributed by atoms with van der Waals surface area (Å²) < 4.78 is 7.19. The Labute approximate surface area is 155 Å². The zero-order valence-corrected chi connectivity index (χ0v) is 14.9. The molecule has 0 bridgehead atoms. The highest BCUT2D eigenvalue weighted by atomic mass is 32.2. The van der Waals surface area contributed by atoms with E-state index in [2.05, 4.69) is 17.4 Å². The smallest absolute Gasteiger partial charge is 0.287 e. The molecule has 4 rings (SSSR count). The number of hydrogen-bond acceptors (Lipinski definition) is 4. The van der Waals surface area contributed by atoms with Crippen molar-refractivity contribution in [1.82, 2.24) is 9.88 Å². The first-order chi connectivity index (χ1) is 12.7. The van der Waals surface area contributed by atoms with Crippen molar-refractivity contribution in [1.29, 1.82) is 0 Å². The molecule has 2 aromatic heterocycles. The Bertz CT molecular complexity index is 992. The van der Waals surface area contributed by atoms with E-state index in [1.165, 1.54) is 15.5 Å². The number of amides is 1. The minimum Gasteiger partial charge on any atom is -0.454 e. The Balaban J connectivity index is 1.48. The molecule has 0 radical (unpaired) electrons. The van der Waals surface area contributed by atoms with Gasteiger partial charge in [-0.15, -0.1) is 11.8 Å². The molecular formula is C20H18N2O3S. The SMILES string of the molecule is O=C(N[C@@H]1CCSc2ccccc21)c1ccc(Cn2ccccc2=O)o1. The monoisotopic (exact) mass is 366 g/mol. The highest BCUT2D eigenvalue weighted by Gasteiger charge is 2.23. The lowest BCUT2D eigenvalue weighted by molar-refractivity contribution is 0.0905. The maximum Gasteiger partial charge on any atom is 0.287 e. The van der Waals surface area contributed by atoms with Crippen molar-refractivity contribution in [2.45, 2.75) is 23.9 Å². The van der Waals surface area contributed by atoms with Crippen LogP contribution in [-0.4, -0.2) is 16.2 Å². The first-order valence-corrected chi connectivity index (χ1v) is 9.46. The summed E-state index contributed by atoms with van der Waals surface area (Å²) in [7, 11) is 0. The normalized spacial score (nSPS) is 16.1. The molecule has 1 aliphatic rings. The number of nitrogens with zero attached hydrogens (tertiary/aromatic N) is 1.